The van der Waals surface area contributed by atoms with Crippen LogP contribution in [0, 0.1) is 0 Å². The number of ether oxygens (including phenoxy) is 2. The summed E-state index contributed by atoms with van der Waals surface area (Å²) in [6.07, 6.45) is 31.1. The van der Waals surface area contributed by atoms with Crippen LogP contribution < -0.4 is 5.32 Å². The smallest absolute Gasteiger partial charge is 0.249 e. The Morgan fingerprint density at radius 1 is 0.648 bits per heavy atom. The fourth-order valence-electron chi connectivity index (χ4n) is 6.68. The topological polar surface area (TPSA) is 169 Å². The Labute approximate surface area is 328 Å². The van der Waals surface area contributed by atoms with Gasteiger partial charge in [-0.25, -0.2) is 0 Å². The first-order chi connectivity index (χ1) is 26.3. The Balaban J connectivity index is 2.50. The average molecular weight is 768 g/mol. The lowest BCUT2D eigenvalue weighted by Gasteiger charge is -2.40. The van der Waals surface area contributed by atoms with E-state index in [1.807, 2.05) is 12.2 Å². The number of aliphatic hydroxyl groups is 6. The zero-order valence-corrected chi connectivity index (χ0v) is 34.1. The molecule has 8 unspecified atom stereocenters. The van der Waals surface area contributed by atoms with Gasteiger partial charge in [-0.3, -0.25) is 4.79 Å². The van der Waals surface area contributed by atoms with E-state index in [9.17, 15) is 35.4 Å². The summed E-state index contributed by atoms with van der Waals surface area (Å²) >= 11 is 0. The van der Waals surface area contributed by atoms with Crippen molar-refractivity contribution < 1.29 is 44.9 Å². The van der Waals surface area contributed by atoms with E-state index in [2.05, 4.69) is 31.3 Å². The van der Waals surface area contributed by atoms with E-state index in [4.69, 9.17) is 9.47 Å². The van der Waals surface area contributed by atoms with Gasteiger partial charge < -0.3 is 45.4 Å². The first-order valence-corrected chi connectivity index (χ1v) is 21.8. The van der Waals surface area contributed by atoms with Gasteiger partial charge in [-0.15, -0.1) is 0 Å². The number of nitrogens with one attached hydrogen (secondary N) is 1. The van der Waals surface area contributed by atoms with E-state index in [1.165, 1.54) is 122 Å². The van der Waals surface area contributed by atoms with E-state index >= 15 is 0 Å². The minimum Gasteiger partial charge on any atom is -0.394 e. The van der Waals surface area contributed by atoms with Crippen molar-refractivity contribution in [3.63, 3.8) is 0 Å². The largest absolute Gasteiger partial charge is 0.394 e. The van der Waals surface area contributed by atoms with Gasteiger partial charge in [-0.1, -0.05) is 172 Å². The van der Waals surface area contributed by atoms with Crippen LogP contribution in [0.1, 0.15) is 174 Å². The minimum atomic E-state index is -1.62. The van der Waals surface area contributed by atoms with E-state index < -0.39 is 61.5 Å². The lowest BCUT2D eigenvalue weighted by Crippen LogP contribution is -2.60. The Morgan fingerprint density at radius 3 is 1.65 bits per heavy atom. The fraction of sp³-hybridized carbons (Fsp3) is 0.841. The SMILES string of the molecule is CCCCCCCC/C=C\C/C=C\CC(O)C(=O)NC(COC1OC(CO)C(O)C(O)C1O)C(O)/C=C/CCCCCCCCCCCCCCCCC. The molecule has 1 heterocycles. The first kappa shape index (κ1) is 50.4. The van der Waals surface area contributed by atoms with Crippen LogP contribution in [-0.4, -0.2) is 98.7 Å². The van der Waals surface area contributed by atoms with Crippen molar-refractivity contribution in [2.24, 2.45) is 0 Å². The highest BCUT2D eigenvalue weighted by Gasteiger charge is 2.44. The summed E-state index contributed by atoms with van der Waals surface area (Å²) in [6, 6.07) is -1.01. The number of amides is 1. The van der Waals surface area contributed by atoms with Gasteiger partial charge in [0.15, 0.2) is 6.29 Å². The maximum atomic E-state index is 12.9. The molecule has 0 aromatic heterocycles. The molecule has 1 aliphatic rings. The molecule has 1 fully saturated rings. The van der Waals surface area contributed by atoms with E-state index in [0.29, 0.717) is 6.42 Å². The van der Waals surface area contributed by atoms with Crippen LogP contribution in [0.25, 0.3) is 0 Å². The zero-order valence-electron chi connectivity index (χ0n) is 34.1. The number of unbranched alkanes of at least 4 members (excludes halogenated alkanes) is 21. The van der Waals surface area contributed by atoms with Crippen LogP contribution in [0.5, 0.6) is 0 Å². The maximum Gasteiger partial charge on any atom is 0.249 e. The summed E-state index contributed by atoms with van der Waals surface area (Å²) in [4.78, 5) is 12.9. The van der Waals surface area contributed by atoms with E-state index in [0.717, 1.165) is 25.7 Å². The Morgan fingerprint density at radius 2 is 1.13 bits per heavy atom. The molecular weight excluding hydrogens is 686 g/mol. The summed E-state index contributed by atoms with van der Waals surface area (Å²) < 4.78 is 11.1. The summed E-state index contributed by atoms with van der Waals surface area (Å²) in [5, 5.41) is 64.4. The van der Waals surface area contributed by atoms with Gasteiger partial charge in [0.1, 0.15) is 30.5 Å². The number of aliphatic hydroxyl groups excluding tert-OH is 6. The van der Waals surface area contributed by atoms with Crippen LogP contribution in [0.15, 0.2) is 36.5 Å². The molecule has 0 saturated carbocycles. The van der Waals surface area contributed by atoms with E-state index in [-0.39, 0.29) is 13.0 Å². The summed E-state index contributed by atoms with van der Waals surface area (Å²) in [7, 11) is 0. The summed E-state index contributed by atoms with van der Waals surface area (Å²) in [5.41, 5.74) is 0. The molecule has 1 rings (SSSR count). The van der Waals surface area contributed by atoms with Crippen LogP contribution in [0.4, 0.5) is 0 Å². The Bertz CT molecular complexity index is 958. The summed E-state index contributed by atoms with van der Waals surface area (Å²) in [5.74, 6) is -0.685. The van der Waals surface area contributed by atoms with Gasteiger partial charge in [0.05, 0.1) is 25.4 Å². The lowest BCUT2D eigenvalue weighted by atomic mass is 9.99. The van der Waals surface area contributed by atoms with Crippen LogP contribution in [0.2, 0.25) is 0 Å². The second-order valence-corrected chi connectivity index (χ2v) is 15.3. The van der Waals surface area contributed by atoms with E-state index in [1.54, 1.807) is 12.2 Å². The molecule has 54 heavy (non-hydrogen) atoms. The molecule has 0 spiro atoms. The van der Waals surface area contributed by atoms with Crippen LogP contribution in [0.3, 0.4) is 0 Å². The number of hydrogen-bond acceptors (Lipinski definition) is 9. The van der Waals surface area contributed by atoms with Gasteiger partial charge in [-0.05, 0) is 32.1 Å². The Kier molecular flexibility index (Phi) is 32.3. The van der Waals surface area contributed by atoms with Crippen LogP contribution >= 0.6 is 0 Å². The molecule has 0 bridgehead atoms. The van der Waals surface area contributed by atoms with Gasteiger partial charge >= 0.3 is 0 Å². The highest BCUT2D eigenvalue weighted by Crippen LogP contribution is 2.22. The molecule has 0 radical (unpaired) electrons. The quantitative estimate of drug-likeness (QED) is 0.0256. The first-order valence-electron chi connectivity index (χ1n) is 21.8. The number of allylic oxidation sites excluding steroid dienone is 4. The number of hydrogen-bond donors (Lipinski definition) is 7. The lowest BCUT2D eigenvalue weighted by molar-refractivity contribution is -0.302. The van der Waals surface area contributed by atoms with Crippen molar-refractivity contribution in [3.05, 3.63) is 36.5 Å². The highest BCUT2D eigenvalue weighted by atomic mass is 16.7. The number of carbonyl (C=O) groups is 1. The van der Waals surface area contributed by atoms with Gasteiger partial charge in [0.25, 0.3) is 0 Å². The Hall–Kier alpha value is -1.63. The molecule has 10 nitrogen and oxygen atoms in total. The van der Waals surface area contributed by atoms with Crippen molar-refractivity contribution in [2.45, 2.75) is 223 Å². The normalized spacial score (nSPS) is 22.4. The predicted octanol–water partition coefficient (Wildman–Crippen LogP) is 7.47. The van der Waals surface area contributed by atoms with Gasteiger partial charge in [-0.2, -0.15) is 0 Å². The van der Waals surface area contributed by atoms with Gasteiger partial charge in [0.2, 0.25) is 5.91 Å². The average Bonchev–Trinajstić information content (AvgIpc) is 3.17. The highest BCUT2D eigenvalue weighted by molar-refractivity contribution is 5.81. The third-order valence-corrected chi connectivity index (χ3v) is 10.3. The predicted molar refractivity (Wildman–Crippen MR) is 218 cm³/mol. The zero-order chi connectivity index (χ0) is 39.7. The molecule has 1 aliphatic heterocycles. The third kappa shape index (κ3) is 24.8. The minimum absolute atomic E-state index is 0.0997. The third-order valence-electron chi connectivity index (χ3n) is 10.3. The molecule has 0 aromatic rings. The maximum absolute atomic E-state index is 12.9. The molecular formula is C44H81NO9. The van der Waals surface area contributed by atoms with Crippen molar-refractivity contribution in [1.29, 1.82) is 0 Å². The van der Waals surface area contributed by atoms with Gasteiger partial charge in [0, 0.05) is 6.42 Å². The standard InChI is InChI=1S/C44H81NO9/c1-3-5-7-9-11-13-15-17-18-19-20-21-23-24-26-28-30-32-37(47)36(35-53-44-42(51)41(50)40(49)39(34-46)54-44)45-43(52)38(48)33-31-29-27-25-22-16-14-12-10-8-6-4-2/h22,25,29-32,36-42,44,46-51H,3-21,23-24,26-28,33-35H2,1-2H3,(H,45,52)/b25-22-,31-29-,32-30+. The van der Waals surface area contributed by atoms with Crippen molar-refractivity contribution in [3.8, 4) is 0 Å². The summed E-state index contributed by atoms with van der Waals surface area (Å²) in [6.45, 7) is 3.54. The molecule has 1 amide bonds. The fourth-order valence-corrected chi connectivity index (χ4v) is 6.68. The second kappa shape index (κ2) is 34.6. The van der Waals surface area contributed by atoms with Crippen molar-refractivity contribution in [2.75, 3.05) is 13.2 Å². The second-order valence-electron chi connectivity index (χ2n) is 15.3. The van der Waals surface area contributed by atoms with Crippen molar-refractivity contribution in [1.82, 2.24) is 5.32 Å². The monoisotopic (exact) mass is 768 g/mol. The number of rotatable bonds is 35. The molecule has 0 aliphatic carbocycles. The molecule has 1 saturated heterocycles. The van der Waals surface area contributed by atoms with Crippen LogP contribution in [-0.2, 0) is 14.3 Å². The molecule has 0 aromatic carbocycles. The molecule has 316 valence electrons. The molecule has 7 N–H and O–H groups in total. The molecule has 8 atom stereocenters. The number of carbonyl (C=O) groups excluding carboxylic acids is 1. The molecule has 10 heteroatoms. The van der Waals surface area contributed by atoms with Crippen molar-refractivity contribution >= 4 is 5.91 Å².